The normalized spacial score (nSPS) is 13.0. The highest BCUT2D eigenvalue weighted by Crippen LogP contribution is 2.00. The van der Waals surface area contributed by atoms with Gasteiger partial charge in [-0.05, 0) is 12.5 Å². The van der Waals surface area contributed by atoms with Crippen molar-refractivity contribution in [1.29, 1.82) is 0 Å². The van der Waals surface area contributed by atoms with Crippen molar-refractivity contribution in [3.63, 3.8) is 0 Å². The Morgan fingerprint density at radius 1 is 1.28 bits per heavy atom. The van der Waals surface area contributed by atoms with Gasteiger partial charge in [-0.2, -0.15) is 0 Å². The van der Waals surface area contributed by atoms with E-state index in [1.807, 2.05) is 24.3 Å². The van der Waals surface area contributed by atoms with Crippen molar-refractivity contribution < 1.29 is 9.47 Å². The van der Waals surface area contributed by atoms with Gasteiger partial charge in [-0.1, -0.05) is 42.5 Å². The molecule has 1 atom stereocenters. The first-order chi connectivity index (χ1) is 8.83. The Bertz CT molecular complexity index is 325. The van der Waals surface area contributed by atoms with E-state index in [9.17, 15) is 0 Å². The van der Waals surface area contributed by atoms with E-state index >= 15 is 0 Å². The Labute approximate surface area is 110 Å². The summed E-state index contributed by atoms with van der Waals surface area (Å²) in [5.74, 6) is 0. The lowest BCUT2D eigenvalue weighted by atomic mass is 10.2. The Kier molecular flexibility index (Phi) is 8.13. The highest BCUT2D eigenvalue weighted by Gasteiger charge is 1.97. The molecular formula is C15H23NO2. The molecule has 0 fully saturated rings. The van der Waals surface area contributed by atoms with Crippen LogP contribution in [0.3, 0.4) is 0 Å². The lowest BCUT2D eigenvalue weighted by molar-refractivity contribution is 0.144. The van der Waals surface area contributed by atoms with Crippen molar-refractivity contribution in [3.05, 3.63) is 42.0 Å². The van der Waals surface area contributed by atoms with Crippen LogP contribution in [0.4, 0.5) is 0 Å². The number of hydrogen-bond donors (Lipinski definition) is 1. The largest absolute Gasteiger partial charge is 0.383 e. The van der Waals surface area contributed by atoms with E-state index in [1.54, 1.807) is 7.11 Å². The van der Waals surface area contributed by atoms with Gasteiger partial charge < -0.3 is 14.8 Å². The predicted octanol–water partition coefficient (Wildman–Crippen LogP) is 2.34. The first-order valence-electron chi connectivity index (χ1n) is 6.34. The molecule has 0 saturated heterocycles. The van der Waals surface area contributed by atoms with Crippen LogP contribution >= 0.6 is 0 Å². The maximum atomic E-state index is 5.49. The summed E-state index contributed by atoms with van der Waals surface area (Å²) in [6.45, 7) is 5.04. The molecule has 3 nitrogen and oxygen atoms in total. The molecule has 100 valence electrons. The summed E-state index contributed by atoms with van der Waals surface area (Å²) < 4.78 is 10.5. The van der Waals surface area contributed by atoms with Crippen molar-refractivity contribution >= 4 is 6.08 Å². The van der Waals surface area contributed by atoms with E-state index in [-0.39, 0.29) is 0 Å². The van der Waals surface area contributed by atoms with E-state index < -0.39 is 0 Å². The third kappa shape index (κ3) is 7.22. The van der Waals surface area contributed by atoms with E-state index in [0.717, 1.165) is 13.2 Å². The van der Waals surface area contributed by atoms with E-state index in [1.165, 1.54) is 5.56 Å². The lowest BCUT2D eigenvalue weighted by Gasteiger charge is -2.11. The molecule has 0 bridgehead atoms. The molecule has 1 aromatic carbocycles. The van der Waals surface area contributed by atoms with Gasteiger partial charge in [0.15, 0.2) is 0 Å². The third-order valence-electron chi connectivity index (χ3n) is 2.48. The number of nitrogens with one attached hydrogen (secondary N) is 1. The average Bonchev–Trinajstić information content (AvgIpc) is 2.39. The quantitative estimate of drug-likeness (QED) is 0.681. The van der Waals surface area contributed by atoms with Gasteiger partial charge in [0.1, 0.15) is 0 Å². The van der Waals surface area contributed by atoms with Crippen LogP contribution in [0.2, 0.25) is 0 Å². The third-order valence-corrected chi connectivity index (χ3v) is 2.48. The molecule has 0 saturated carbocycles. The molecule has 3 heteroatoms. The van der Waals surface area contributed by atoms with Crippen molar-refractivity contribution in [1.82, 2.24) is 5.32 Å². The van der Waals surface area contributed by atoms with Gasteiger partial charge in [0.2, 0.25) is 0 Å². The second-order valence-corrected chi connectivity index (χ2v) is 4.20. The second kappa shape index (κ2) is 9.83. The summed E-state index contributed by atoms with van der Waals surface area (Å²) in [7, 11) is 1.71. The number of rotatable bonds is 9. The van der Waals surface area contributed by atoms with Crippen molar-refractivity contribution in [2.45, 2.75) is 13.0 Å². The van der Waals surface area contributed by atoms with Gasteiger partial charge in [0.05, 0.1) is 19.8 Å². The minimum Gasteiger partial charge on any atom is -0.383 e. The maximum absolute atomic E-state index is 5.49. The Hall–Kier alpha value is -1.16. The smallest absolute Gasteiger partial charge is 0.0651 e. The van der Waals surface area contributed by atoms with Crippen LogP contribution in [0.25, 0.3) is 6.08 Å². The van der Waals surface area contributed by atoms with Crippen LogP contribution in [0, 0.1) is 0 Å². The standard InChI is InChI=1S/C15H23NO2/c1-14(13-17-2)16-10-12-18-11-6-9-15-7-4-3-5-8-15/h3-9,14,16H,10-13H2,1-2H3/b9-6+. The zero-order valence-electron chi connectivity index (χ0n) is 11.3. The summed E-state index contributed by atoms with van der Waals surface area (Å²) in [6.07, 6.45) is 4.11. The molecule has 18 heavy (non-hydrogen) atoms. The molecule has 0 radical (unpaired) electrons. The summed E-state index contributed by atoms with van der Waals surface area (Å²) in [5, 5.41) is 3.32. The summed E-state index contributed by atoms with van der Waals surface area (Å²) >= 11 is 0. The molecule has 0 aromatic heterocycles. The summed E-state index contributed by atoms with van der Waals surface area (Å²) in [5.41, 5.74) is 1.20. The van der Waals surface area contributed by atoms with Crippen molar-refractivity contribution in [3.8, 4) is 0 Å². The van der Waals surface area contributed by atoms with Gasteiger partial charge >= 0.3 is 0 Å². The topological polar surface area (TPSA) is 30.5 Å². The molecule has 0 amide bonds. The van der Waals surface area contributed by atoms with Crippen LogP contribution < -0.4 is 5.32 Å². The molecule has 1 unspecified atom stereocenters. The molecular weight excluding hydrogens is 226 g/mol. The first kappa shape index (κ1) is 14.9. The molecule has 1 N–H and O–H groups in total. The van der Waals surface area contributed by atoms with Crippen LogP contribution in [-0.2, 0) is 9.47 Å². The number of hydrogen-bond acceptors (Lipinski definition) is 3. The summed E-state index contributed by atoms with van der Waals surface area (Å²) in [4.78, 5) is 0. The molecule has 0 spiro atoms. The van der Waals surface area contributed by atoms with Crippen LogP contribution in [0.5, 0.6) is 0 Å². The van der Waals surface area contributed by atoms with Gasteiger partial charge in [-0.3, -0.25) is 0 Å². The maximum Gasteiger partial charge on any atom is 0.0651 e. The predicted molar refractivity (Wildman–Crippen MR) is 75.6 cm³/mol. The Morgan fingerprint density at radius 2 is 2.06 bits per heavy atom. The second-order valence-electron chi connectivity index (χ2n) is 4.20. The lowest BCUT2D eigenvalue weighted by Crippen LogP contribution is -2.32. The van der Waals surface area contributed by atoms with Gasteiger partial charge in [-0.15, -0.1) is 0 Å². The fraction of sp³-hybridized carbons (Fsp3) is 0.467. The molecule has 0 aliphatic rings. The van der Waals surface area contributed by atoms with Crippen molar-refractivity contribution in [2.75, 3.05) is 33.5 Å². The fourth-order valence-corrected chi connectivity index (χ4v) is 1.59. The SMILES string of the molecule is COCC(C)NCCOC/C=C/c1ccccc1. The van der Waals surface area contributed by atoms with E-state index in [0.29, 0.717) is 19.3 Å². The zero-order valence-corrected chi connectivity index (χ0v) is 11.3. The van der Waals surface area contributed by atoms with Gasteiger partial charge in [0, 0.05) is 19.7 Å². The monoisotopic (exact) mass is 249 g/mol. The minimum atomic E-state index is 0.374. The van der Waals surface area contributed by atoms with Crippen LogP contribution in [-0.4, -0.2) is 39.5 Å². The van der Waals surface area contributed by atoms with E-state index in [2.05, 4.69) is 30.4 Å². The number of methoxy groups -OCH3 is 1. The molecule has 1 rings (SSSR count). The molecule has 0 heterocycles. The zero-order chi connectivity index (χ0) is 13.1. The van der Waals surface area contributed by atoms with E-state index in [4.69, 9.17) is 9.47 Å². The first-order valence-corrected chi connectivity index (χ1v) is 6.34. The average molecular weight is 249 g/mol. The molecule has 0 aliphatic heterocycles. The fourth-order valence-electron chi connectivity index (χ4n) is 1.59. The highest BCUT2D eigenvalue weighted by atomic mass is 16.5. The minimum absolute atomic E-state index is 0.374. The molecule has 1 aromatic rings. The summed E-state index contributed by atoms with van der Waals surface area (Å²) in [6, 6.07) is 10.6. The Morgan fingerprint density at radius 3 is 2.78 bits per heavy atom. The Balaban J connectivity index is 2.00. The van der Waals surface area contributed by atoms with Crippen LogP contribution in [0.15, 0.2) is 36.4 Å². The molecule has 0 aliphatic carbocycles. The number of benzene rings is 1. The van der Waals surface area contributed by atoms with Gasteiger partial charge in [0.25, 0.3) is 0 Å². The highest BCUT2D eigenvalue weighted by molar-refractivity contribution is 5.48. The van der Waals surface area contributed by atoms with Crippen molar-refractivity contribution in [2.24, 2.45) is 0 Å². The number of ether oxygens (including phenoxy) is 2. The van der Waals surface area contributed by atoms with Gasteiger partial charge in [-0.25, -0.2) is 0 Å². The van der Waals surface area contributed by atoms with Crippen LogP contribution in [0.1, 0.15) is 12.5 Å².